The molecule has 9 heteroatoms. The Hall–Kier alpha value is -3.98. The molecule has 192 valence electrons. The van der Waals surface area contributed by atoms with Crippen LogP contribution in [0.15, 0.2) is 88.9 Å². The number of ether oxygens (including phenoxy) is 1. The average molecular weight is 520 g/mol. The summed E-state index contributed by atoms with van der Waals surface area (Å²) in [5.74, 6) is -1.25. The van der Waals surface area contributed by atoms with Crippen LogP contribution in [0.4, 0.5) is 5.69 Å². The van der Waals surface area contributed by atoms with Crippen LogP contribution in [-0.2, 0) is 26.0 Å². The molecule has 0 radical (unpaired) electrons. The molecule has 1 amide bonds. The van der Waals surface area contributed by atoms with E-state index in [1.807, 2.05) is 42.5 Å². The van der Waals surface area contributed by atoms with Crippen molar-refractivity contribution in [2.75, 3.05) is 17.9 Å². The van der Waals surface area contributed by atoms with E-state index in [2.05, 4.69) is 16.7 Å². The normalized spacial score (nSPS) is 13.2. The number of amides is 1. The third-order valence-corrected chi connectivity index (χ3v) is 7.31. The molecule has 0 atom stereocenters. The Labute approximate surface area is 217 Å². The highest BCUT2D eigenvalue weighted by Gasteiger charge is 2.23. The summed E-state index contributed by atoms with van der Waals surface area (Å²) in [6, 6.07) is 22.3. The van der Waals surface area contributed by atoms with Gasteiger partial charge in [0.2, 0.25) is 0 Å². The first-order valence-electron chi connectivity index (χ1n) is 12.2. The smallest absolute Gasteiger partial charge is 0.338 e. The van der Waals surface area contributed by atoms with Crippen molar-refractivity contribution in [2.24, 2.45) is 5.10 Å². The van der Waals surface area contributed by atoms with Gasteiger partial charge in [-0.05, 0) is 54.3 Å². The maximum absolute atomic E-state index is 12.9. The van der Waals surface area contributed by atoms with Crippen molar-refractivity contribution in [3.05, 3.63) is 95.6 Å². The van der Waals surface area contributed by atoms with Gasteiger partial charge in [-0.3, -0.25) is 9.52 Å². The van der Waals surface area contributed by atoms with Crippen LogP contribution >= 0.6 is 0 Å². The summed E-state index contributed by atoms with van der Waals surface area (Å²) in [7, 11) is -3.93. The van der Waals surface area contributed by atoms with Crippen molar-refractivity contribution in [3.8, 4) is 0 Å². The van der Waals surface area contributed by atoms with Crippen LogP contribution in [0.1, 0.15) is 47.7 Å². The largest absolute Gasteiger partial charge is 0.452 e. The summed E-state index contributed by atoms with van der Waals surface area (Å²) in [6.07, 6.45) is 3.70. The molecule has 1 aliphatic heterocycles. The van der Waals surface area contributed by atoms with Crippen molar-refractivity contribution in [1.82, 2.24) is 5.01 Å². The lowest BCUT2D eigenvalue weighted by Crippen LogP contribution is -2.28. The minimum absolute atomic E-state index is 0.0282. The minimum Gasteiger partial charge on any atom is -0.452 e. The van der Waals surface area contributed by atoms with Gasteiger partial charge in [0.05, 0.1) is 22.7 Å². The molecule has 4 rings (SSSR count). The Morgan fingerprint density at radius 1 is 1.00 bits per heavy atom. The van der Waals surface area contributed by atoms with Crippen LogP contribution in [-0.4, -0.2) is 44.2 Å². The van der Waals surface area contributed by atoms with Gasteiger partial charge in [0, 0.05) is 12.1 Å². The Balaban J connectivity index is 1.36. The number of benzene rings is 3. The summed E-state index contributed by atoms with van der Waals surface area (Å²) in [6.45, 7) is 2.03. The number of carbonyl (C=O) groups excluding carboxylic acids is 2. The topological polar surface area (TPSA) is 105 Å². The second kappa shape index (κ2) is 11.8. The molecule has 0 aromatic heterocycles. The second-order valence-electron chi connectivity index (χ2n) is 8.69. The predicted molar refractivity (Wildman–Crippen MR) is 142 cm³/mol. The standard InChI is InChI=1S/C28H29N3O5S/c1-2-3-8-21-13-15-24(16-14-21)30-37(34,35)25-12-7-11-23(19-25)28(33)36-20-27(32)31-18-17-26(29-31)22-9-5-4-6-10-22/h4-7,9-16,19,30H,2-3,8,17-18,20H2,1H3. The van der Waals surface area contributed by atoms with Gasteiger partial charge >= 0.3 is 5.97 Å². The molecule has 0 bridgehead atoms. The lowest BCUT2D eigenvalue weighted by Gasteiger charge is -2.12. The molecular formula is C28H29N3O5S. The molecule has 1 aliphatic rings. The summed E-state index contributed by atoms with van der Waals surface area (Å²) in [4.78, 5) is 25.0. The summed E-state index contributed by atoms with van der Waals surface area (Å²) in [5, 5.41) is 5.62. The molecule has 1 N–H and O–H groups in total. The molecule has 3 aromatic rings. The first-order chi connectivity index (χ1) is 17.9. The Morgan fingerprint density at radius 3 is 2.49 bits per heavy atom. The third kappa shape index (κ3) is 6.83. The van der Waals surface area contributed by atoms with Gasteiger partial charge in [0.1, 0.15) is 0 Å². The lowest BCUT2D eigenvalue weighted by molar-refractivity contribution is -0.134. The van der Waals surface area contributed by atoms with Gasteiger partial charge in [-0.1, -0.05) is 61.9 Å². The number of nitrogens with one attached hydrogen (secondary N) is 1. The SMILES string of the molecule is CCCCc1ccc(NS(=O)(=O)c2cccc(C(=O)OCC(=O)N3CCC(c4ccccc4)=N3)c2)cc1. The minimum atomic E-state index is -3.93. The van der Waals surface area contributed by atoms with Crippen LogP contribution < -0.4 is 4.72 Å². The molecule has 0 fully saturated rings. The number of unbranched alkanes of at least 4 members (excludes halogenated alkanes) is 1. The monoisotopic (exact) mass is 519 g/mol. The van der Waals surface area contributed by atoms with Gasteiger partial charge in [-0.25, -0.2) is 18.2 Å². The van der Waals surface area contributed by atoms with Gasteiger partial charge in [0.15, 0.2) is 6.61 Å². The molecule has 0 saturated carbocycles. The van der Waals surface area contributed by atoms with E-state index in [0.717, 1.165) is 36.1 Å². The van der Waals surface area contributed by atoms with Gasteiger partial charge < -0.3 is 4.74 Å². The van der Waals surface area contributed by atoms with Gasteiger partial charge in [-0.2, -0.15) is 5.10 Å². The van der Waals surface area contributed by atoms with Gasteiger partial charge in [-0.15, -0.1) is 0 Å². The fourth-order valence-electron chi connectivity index (χ4n) is 3.88. The number of rotatable bonds is 10. The van der Waals surface area contributed by atoms with E-state index < -0.39 is 28.5 Å². The number of esters is 1. The zero-order chi connectivity index (χ0) is 26.3. The highest BCUT2D eigenvalue weighted by molar-refractivity contribution is 7.92. The first kappa shape index (κ1) is 26.1. The second-order valence-corrected chi connectivity index (χ2v) is 10.4. The number of hydrogen-bond acceptors (Lipinski definition) is 6. The molecule has 0 unspecified atom stereocenters. The van der Waals surface area contributed by atoms with Crippen molar-refractivity contribution < 1.29 is 22.7 Å². The van der Waals surface area contributed by atoms with E-state index >= 15 is 0 Å². The highest BCUT2D eigenvalue weighted by Crippen LogP contribution is 2.19. The van der Waals surface area contributed by atoms with Crippen molar-refractivity contribution in [1.29, 1.82) is 0 Å². The summed E-state index contributed by atoms with van der Waals surface area (Å²) >= 11 is 0. The highest BCUT2D eigenvalue weighted by atomic mass is 32.2. The van der Waals surface area contributed by atoms with E-state index in [1.165, 1.54) is 29.3 Å². The van der Waals surface area contributed by atoms with Crippen molar-refractivity contribution in [2.45, 2.75) is 37.5 Å². The number of hydrogen-bond donors (Lipinski definition) is 1. The van der Waals surface area contributed by atoms with Crippen LogP contribution in [0, 0.1) is 0 Å². The predicted octanol–water partition coefficient (Wildman–Crippen LogP) is 4.62. The Morgan fingerprint density at radius 2 is 1.76 bits per heavy atom. The van der Waals surface area contributed by atoms with Crippen LogP contribution in [0.2, 0.25) is 0 Å². The molecule has 0 spiro atoms. The zero-order valence-electron chi connectivity index (χ0n) is 20.6. The number of anilines is 1. The van der Waals surface area contributed by atoms with Crippen LogP contribution in [0.25, 0.3) is 0 Å². The molecular weight excluding hydrogens is 490 g/mol. The van der Waals surface area contributed by atoms with Crippen molar-refractivity contribution in [3.63, 3.8) is 0 Å². The number of sulfonamides is 1. The molecule has 1 heterocycles. The molecule has 8 nitrogen and oxygen atoms in total. The number of carbonyl (C=O) groups is 2. The van der Waals surface area contributed by atoms with Crippen LogP contribution in [0.3, 0.4) is 0 Å². The van der Waals surface area contributed by atoms with E-state index in [-0.39, 0.29) is 10.5 Å². The fraction of sp³-hybridized carbons (Fsp3) is 0.250. The average Bonchev–Trinajstić information content (AvgIpc) is 3.42. The maximum Gasteiger partial charge on any atom is 0.338 e. The third-order valence-electron chi connectivity index (χ3n) is 5.93. The van der Waals surface area contributed by atoms with Crippen molar-refractivity contribution >= 4 is 33.3 Å². The van der Waals surface area contributed by atoms with E-state index in [1.54, 1.807) is 12.1 Å². The Kier molecular flexibility index (Phi) is 8.35. The molecule has 37 heavy (non-hydrogen) atoms. The summed E-state index contributed by atoms with van der Waals surface area (Å²) in [5.41, 5.74) is 3.33. The van der Waals surface area contributed by atoms with E-state index in [0.29, 0.717) is 18.7 Å². The van der Waals surface area contributed by atoms with Gasteiger partial charge in [0.25, 0.3) is 15.9 Å². The lowest BCUT2D eigenvalue weighted by atomic mass is 10.1. The molecule has 0 saturated heterocycles. The fourth-order valence-corrected chi connectivity index (χ4v) is 4.98. The number of hydrazone groups is 1. The quantitative estimate of drug-likeness (QED) is 0.394. The first-order valence-corrected chi connectivity index (χ1v) is 13.7. The van der Waals surface area contributed by atoms with Crippen LogP contribution in [0.5, 0.6) is 0 Å². The van der Waals surface area contributed by atoms with E-state index in [4.69, 9.17) is 4.74 Å². The summed E-state index contributed by atoms with van der Waals surface area (Å²) < 4.78 is 33.5. The van der Waals surface area contributed by atoms with E-state index in [9.17, 15) is 18.0 Å². The Bertz CT molecular complexity index is 1390. The molecule has 3 aromatic carbocycles. The number of aryl methyl sites for hydroxylation is 1. The maximum atomic E-state index is 12.9. The molecule has 0 aliphatic carbocycles. The number of nitrogens with zero attached hydrogens (tertiary/aromatic N) is 2. The zero-order valence-corrected chi connectivity index (χ0v) is 21.4.